The molecule has 1 aliphatic carbocycles. The average molecular weight is 230 g/mol. The highest BCUT2D eigenvalue weighted by Crippen LogP contribution is 2.37. The Hall–Kier alpha value is -1.75. The number of aliphatic hydroxyl groups excluding tert-OH is 1. The standard InChI is InChI=1S/C12H14N4O/c17-8-10-3-1-9(2-4-10)7-16-14-12(13-15-16)11-5-6-11/h1-4,11,17H,5-8H2. The second-order valence-corrected chi connectivity index (χ2v) is 4.43. The summed E-state index contributed by atoms with van der Waals surface area (Å²) >= 11 is 0. The van der Waals surface area contributed by atoms with Gasteiger partial charge in [-0.25, -0.2) is 0 Å². The molecule has 0 bridgehead atoms. The minimum atomic E-state index is 0.0771. The molecule has 5 heteroatoms. The molecule has 0 spiro atoms. The second-order valence-electron chi connectivity index (χ2n) is 4.43. The molecule has 1 N–H and O–H groups in total. The molecular weight excluding hydrogens is 216 g/mol. The smallest absolute Gasteiger partial charge is 0.177 e. The summed E-state index contributed by atoms with van der Waals surface area (Å²) in [5, 5.41) is 21.4. The van der Waals surface area contributed by atoms with E-state index in [1.54, 1.807) is 4.80 Å². The summed E-state index contributed by atoms with van der Waals surface area (Å²) in [5.74, 6) is 1.41. The largest absolute Gasteiger partial charge is 0.392 e. The summed E-state index contributed by atoms with van der Waals surface area (Å²) in [6.45, 7) is 0.707. The zero-order valence-corrected chi connectivity index (χ0v) is 9.45. The predicted octanol–water partition coefficient (Wildman–Crippen LogP) is 1.09. The summed E-state index contributed by atoms with van der Waals surface area (Å²) < 4.78 is 0. The minimum Gasteiger partial charge on any atom is -0.392 e. The lowest BCUT2D eigenvalue weighted by Crippen LogP contribution is -2.04. The molecule has 1 aliphatic rings. The van der Waals surface area contributed by atoms with Gasteiger partial charge in [-0.15, -0.1) is 10.2 Å². The lowest BCUT2D eigenvalue weighted by molar-refractivity contribution is 0.282. The molecule has 1 aromatic heterocycles. The monoisotopic (exact) mass is 230 g/mol. The maximum absolute atomic E-state index is 8.95. The summed E-state index contributed by atoms with van der Waals surface area (Å²) in [5.41, 5.74) is 2.03. The number of aromatic nitrogens is 4. The van der Waals surface area contributed by atoms with Gasteiger partial charge in [-0.05, 0) is 29.2 Å². The van der Waals surface area contributed by atoms with Gasteiger partial charge in [0.2, 0.25) is 0 Å². The van der Waals surface area contributed by atoms with Gasteiger partial charge >= 0.3 is 0 Å². The lowest BCUT2D eigenvalue weighted by Gasteiger charge is -2.00. The number of hydrogen-bond donors (Lipinski definition) is 1. The fraction of sp³-hybridized carbons (Fsp3) is 0.417. The van der Waals surface area contributed by atoms with Crippen LogP contribution in [0.4, 0.5) is 0 Å². The molecule has 0 unspecified atom stereocenters. The summed E-state index contributed by atoms with van der Waals surface area (Å²) in [7, 11) is 0. The number of tetrazole rings is 1. The van der Waals surface area contributed by atoms with Crippen molar-refractivity contribution in [3.8, 4) is 0 Å². The molecule has 0 aliphatic heterocycles. The van der Waals surface area contributed by atoms with Gasteiger partial charge in [0, 0.05) is 5.92 Å². The van der Waals surface area contributed by atoms with Crippen LogP contribution in [0.25, 0.3) is 0 Å². The fourth-order valence-electron chi connectivity index (χ4n) is 1.74. The van der Waals surface area contributed by atoms with Gasteiger partial charge in [-0.1, -0.05) is 24.3 Å². The Balaban J connectivity index is 1.71. The van der Waals surface area contributed by atoms with Crippen LogP contribution in [0.5, 0.6) is 0 Å². The molecule has 1 saturated carbocycles. The quantitative estimate of drug-likeness (QED) is 0.854. The Morgan fingerprint density at radius 2 is 1.88 bits per heavy atom. The van der Waals surface area contributed by atoms with Crippen LogP contribution in [0.2, 0.25) is 0 Å². The highest BCUT2D eigenvalue weighted by atomic mass is 16.3. The topological polar surface area (TPSA) is 63.8 Å². The molecule has 5 nitrogen and oxygen atoms in total. The van der Waals surface area contributed by atoms with Crippen LogP contribution in [0.3, 0.4) is 0 Å². The molecular formula is C12H14N4O. The number of rotatable bonds is 4. The molecule has 0 atom stereocenters. The molecule has 0 amide bonds. The maximum Gasteiger partial charge on any atom is 0.177 e. The van der Waals surface area contributed by atoms with Crippen LogP contribution in [0.1, 0.15) is 35.7 Å². The highest BCUT2D eigenvalue weighted by molar-refractivity contribution is 5.21. The first-order valence-electron chi connectivity index (χ1n) is 5.81. The van der Waals surface area contributed by atoms with Crippen LogP contribution in [0, 0.1) is 0 Å². The van der Waals surface area contributed by atoms with E-state index in [4.69, 9.17) is 5.11 Å². The van der Waals surface area contributed by atoms with E-state index in [-0.39, 0.29) is 6.61 Å². The summed E-state index contributed by atoms with van der Waals surface area (Å²) in [6, 6.07) is 7.78. The lowest BCUT2D eigenvalue weighted by atomic mass is 10.1. The van der Waals surface area contributed by atoms with Gasteiger partial charge in [0.1, 0.15) is 0 Å². The van der Waals surface area contributed by atoms with E-state index in [2.05, 4.69) is 15.4 Å². The van der Waals surface area contributed by atoms with Gasteiger partial charge < -0.3 is 5.11 Å². The van der Waals surface area contributed by atoms with Crippen molar-refractivity contribution in [3.63, 3.8) is 0 Å². The average Bonchev–Trinajstić information content (AvgIpc) is 3.12. The molecule has 1 aromatic carbocycles. The van der Waals surface area contributed by atoms with Crippen LogP contribution < -0.4 is 0 Å². The van der Waals surface area contributed by atoms with E-state index < -0.39 is 0 Å². The normalized spacial score (nSPS) is 15.1. The van der Waals surface area contributed by atoms with Crippen molar-refractivity contribution < 1.29 is 5.11 Å². The van der Waals surface area contributed by atoms with Crippen molar-refractivity contribution in [2.24, 2.45) is 0 Å². The van der Waals surface area contributed by atoms with Crippen molar-refractivity contribution in [1.29, 1.82) is 0 Å². The molecule has 1 heterocycles. The molecule has 17 heavy (non-hydrogen) atoms. The van der Waals surface area contributed by atoms with Crippen molar-refractivity contribution in [2.75, 3.05) is 0 Å². The van der Waals surface area contributed by atoms with E-state index in [0.29, 0.717) is 12.5 Å². The van der Waals surface area contributed by atoms with E-state index in [0.717, 1.165) is 17.0 Å². The van der Waals surface area contributed by atoms with E-state index in [9.17, 15) is 0 Å². The van der Waals surface area contributed by atoms with Crippen molar-refractivity contribution in [3.05, 3.63) is 41.2 Å². The molecule has 0 radical (unpaired) electrons. The summed E-state index contributed by atoms with van der Waals surface area (Å²) in [4.78, 5) is 1.63. The third kappa shape index (κ3) is 2.34. The Bertz CT molecular complexity index is 501. The first kappa shape index (κ1) is 10.4. The van der Waals surface area contributed by atoms with Gasteiger partial charge in [0.15, 0.2) is 5.82 Å². The number of aliphatic hydroxyl groups is 1. The van der Waals surface area contributed by atoms with E-state index >= 15 is 0 Å². The highest BCUT2D eigenvalue weighted by Gasteiger charge is 2.28. The van der Waals surface area contributed by atoms with E-state index in [1.807, 2.05) is 24.3 Å². The number of benzene rings is 1. The number of nitrogens with zero attached hydrogens (tertiary/aromatic N) is 4. The van der Waals surface area contributed by atoms with Crippen LogP contribution in [-0.4, -0.2) is 25.3 Å². The molecule has 0 saturated heterocycles. The number of hydrogen-bond acceptors (Lipinski definition) is 4. The third-order valence-corrected chi connectivity index (χ3v) is 2.94. The van der Waals surface area contributed by atoms with Gasteiger partial charge in [-0.2, -0.15) is 4.80 Å². The van der Waals surface area contributed by atoms with Gasteiger partial charge in [-0.3, -0.25) is 0 Å². The zero-order chi connectivity index (χ0) is 11.7. The van der Waals surface area contributed by atoms with Gasteiger partial charge in [0.25, 0.3) is 0 Å². The van der Waals surface area contributed by atoms with E-state index in [1.165, 1.54) is 12.8 Å². The predicted molar refractivity (Wildman–Crippen MR) is 61.3 cm³/mol. The van der Waals surface area contributed by atoms with Crippen LogP contribution >= 0.6 is 0 Å². The molecule has 88 valence electrons. The minimum absolute atomic E-state index is 0.0771. The molecule has 1 fully saturated rings. The molecule has 2 aromatic rings. The fourth-order valence-corrected chi connectivity index (χ4v) is 1.74. The first-order valence-corrected chi connectivity index (χ1v) is 5.81. The second kappa shape index (κ2) is 4.25. The maximum atomic E-state index is 8.95. The summed E-state index contributed by atoms with van der Waals surface area (Å²) in [6.07, 6.45) is 2.38. The Morgan fingerprint density at radius 3 is 2.53 bits per heavy atom. The van der Waals surface area contributed by atoms with Crippen molar-refractivity contribution in [2.45, 2.75) is 31.9 Å². The van der Waals surface area contributed by atoms with Crippen molar-refractivity contribution >= 4 is 0 Å². The van der Waals surface area contributed by atoms with Gasteiger partial charge in [0.05, 0.1) is 13.2 Å². The zero-order valence-electron chi connectivity index (χ0n) is 9.45. The van der Waals surface area contributed by atoms with Crippen molar-refractivity contribution in [1.82, 2.24) is 20.2 Å². The van der Waals surface area contributed by atoms with Crippen LogP contribution in [-0.2, 0) is 13.2 Å². The van der Waals surface area contributed by atoms with Crippen LogP contribution in [0.15, 0.2) is 24.3 Å². The Labute approximate surface area is 99.1 Å². The Kier molecular flexibility index (Phi) is 2.60. The Morgan fingerprint density at radius 1 is 1.18 bits per heavy atom. The third-order valence-electron chi connectivity index (χ3n) is 2.94. The molecule has 3 rings (SSSR count). The SMILES string of the molecule is OCc1ccc(Cn2nnc(C3CC3)n2)cc1. The first-order chi connectivity index (χ1) is 8.35.